The molecule has 0 aromatic carbocycles. The monoisotopic (exact) mass is 309 g/mol. The Labute approximate surface area is 134 Å². The van der Waals surface area contributed by atoms with E-state index in [4.69, 9.17) is 9.57 Å². The van der Waals surface area contributed by atoms with Gasteiger partial charge in [0.05, 0.1) is 12.0 Å². The van der Waals surface area contributed by atoms with Crippen LogP contribution in [0.15, 0.2) is 0 Å². The van der Waals surface area contributed by atoms with Crippen molar-refractivity contribution in [3.63, 3.8) is 0 Å². The first kappa shape index (κ1) is 16.3. The Kier molecular flexibility index (Phi) is 5.75. The van der Waals surface area contributed by atoms with Gasteiger partial charge in [0.2, 0.25) is 0 Å². The molecule has 0 radical (unpaired) electrons. The third-order valence-corrected chi connectivity index (χ3v) is 5.57. The number of carbonyl (C=O) groups is 1. The van der Waals surface area contributed by atoms with Gasteiger partial charge in [-0.2, -0.15) is 0 Å². The van der Waals surface area contributed by atoms with E-state index >= 15 is 0 Å². The maximum absolute atomic E-state index is 12.5. The van der Waals surface area contributed by atoms with Crippen molar-refractivity contribution in [2.24, 2.45) is 11.8 Å². The topological polar surface area (TPSA) is 38.8 Å². The Bertz CT molecular complexity index is 331. The van der Waals surface area contributed by atoms with Crippen LogP contribution in [0.5, 0.6) is 0 Å². The molecule has 0 aromatic heterocycles. The molecule has 2 heterocycles. The first-order chi connectivity index (χ1) is 10.8. The highest BCUT2D eigenvalue weighted by Gasteiger charge is 2.49. The summed E-state index contributed by atoms with van der Waals surface area (Å²) in [5.41, 5.74) is 0. The zero-order valence-electron chi connectivity index (χ0n) is 14.0. The first-order valence-corrected chi connectivity index (χ1v) is 9.41. The van der Waals surface area contributed by atoms with Crippen LogP contribution in [0.3, 0.4) is 0 Å². The van der Waals surface area contributed by atoms with Gasteiger partial charge in [-0.05, 0) is 31.6 Å². The molecule has 0 N–H and O–H groups in total. The minimum Gasteiger partial charge on any atom is -0.350 e. The van der Waals surface area contributed by atoms with Crippen molar-refractivity contribution >= 4 is 5.91 Å². The summed E-state index contributed by atoms with van der Waals surface area (Å²) >= 11 is 0. The highest BCUT2D eigenvalue weighted by atomic mass is 16.8. The van der Waals surface area contributed by atoms with Crippen LogP contribution in [-0.4, -0.2) is 29.9 Å². The normalized spacial score (nSPS) is 33.8. The molecular weight excluding hydrogens is 278 g/mol. The van der Waals surface area contributed by atoms with E-state index in [1.165, 1.54) is 32.1 Å². The average Bonchev–Trinajstić information content (AvgIpc) is 2.58. The van der Waals surface area contributed by atoms with Crippen LogP contribution in [0.1, 0.15) is 77.6 Å². The Balaban J connectivity index is 1.54. The lowest BCUT2D eigenvalue weighted by atomic mass is 9.75. The summed E-state index contributed by atoms with van der Waals surface area (Å²) in [6, 6.07) is 0.282. The largest absolute Gasteiger partial charge is 0.350 e. The zero-order chi connectivity index (χ0) is 15.4. The smallest absolute Gasteiger partial charge is 0.251 e. The van der Waals surface area contributed by atoms with E-state index in [0.717, 1.165) is 51.0 Å². The molecule has 1 saturated carbocycles. The van der Waals surface area contributed by atoms with Gasteiger partial charge < -0.3 is 4.74 Å². The molecule has 3 atom stereocenters. The minimum atomic E-state index is -0.201. The van der Waals surface area contributed by atoms with Crippen LogP contribution in [0, 0.1) is 11.8 Å². The number of hydrogen-bond acceptors (Lipinski definition) is 3. The van der Waals surface area contributed by atoms with Crippen LogP contribution in [0.4, 0.5) is 0 Å². The molecule has 126 valence electrons. The lowest BCUT2D eigenvalue weighted by Gasteiger charge is -2.48. The Hall–Kier alpha value is -0.610. The second kappa shape index (κ2) is 7.78. The molecule has 2 saturated heterocycles. The number of carbonyl (C=O) groups excluding carboxylic acids is 1. The van der Waals surface area contributed by atoms with Gasteiger partial charge in [0.15, 0.2) is 6.29 Å². The molecule has 4 heteroatoms. The van der Waals surface area contributed by atoms with Crippen LogP contribution < -0.4 is 0 Å². The predicted octanol–water partition coefficient (Wildman–Crippen LogP) is 4.04. The molecule has 3 aliphatic rings. The summed E-state index contributed by atoms with van der Waals surface area (Å²) in [4.78, 5) is 18.4. The Morgan fingerprint density at radius 2 is 1.91 bits per heavy atom. The Morgan fingerprint density at radius 3 is 2.59 bits per heavy atom. The lowest BCUT2D eigenvalue weighted by Crippen LogP contribution is -2.62. The molecule has 0 bridgehead atoms. The van der Waals surface area contributed by atoms with Gasteiger partial charge in [-0.1, -0.05) is 45.4 Å². The SMILES string of the molecule is CCC[C@H]1[C@@H](CC2CCCCC2)C(=O)N1OC1CCCCO1. The van der Waals surface area contributed by atoms with Gasteiger partial charge in [0.1, 0.15) is 0 Å². The standard InChI is InChI=1S/C18H31NO3/c1-2-8-16-15(13-14-9-4-3-5-10-14)18(20)19(16)22-17-11-6-7-12-21-17/h14-17H,2-13H2,1H3/t15-,16+,17?/m1/s1. The summed E-state index contributed by atoms with van der Waals surface area (Å²) < 4.78 is 5.63. The van der Waals surface area contributed by atoms with Crippen molar-refractivity contribution in [3.05, 3.63) is 0 Å². The molecule has 0 spiro atoms. The fourth-order valence-corrected chi connectivity index (χ4v) is 4.28. The molecule has 2 aliphatic heterocycles. The molecule has 22 heavy (non-hydrogen) atoms. The van der Waals surface area contributed by atoms with Crippen molar-refractivity contribution in [2.45, 2.75) is 89.9 Å². The molecule has 1 aliphatic carbocycles. The number of rotatable bonds is 6. The lowest BCUT2D eigenvalue weighted by molar-refractivity contribution is -0.320. The Morgan fingerprint density at radius 1 is 1.14 bits per heavy atom. The average molecular weight is 309 g/mol. The fourth-order valence-electron chi connectivity index (χ4n) is 4.28. The van der Waals surface area contributed by atoms with Crippen LogP contribution in [-0.2, 0) is 14.4 Å². The van der Waals surface area contributed by atoms with Crippen LogP contribution in [0.25, 0.3) is 0 Å². The summed E-state index contributed by atoms with van der Waals surface area (Å²) in [5.74, 6) is 1.17. The molecule has 3 fully saturated rings. The summed E-state index contributed by atoms with van der Waals surface area (Å²) in [6.07, 6.45) is 12.9. The van der Waals surface area contributed by atoms with Gasteiger partial charge in [0.25, 0.3) is 5.91 Å². The van der Waals surface area contributed by atoms with Crippen molar-refractivity contribution in [1.82, 2.24) is 5.06 Å². The predicted molar refractivity (Wildman–Crippen MR) is 84.9 cm³/mol. The molecule has 4 nitrogen and oxygen atoms in total. The number of amides is 1. The summed E-state index contributed by atoms with van der Waals surface area (Å²) in [7, 11) is 0. The quantitative estimate of drug-likeness (QED) is 0.695. The van der Waals surface area contributed by atoms with E-state index in [1.807, 2.05) is 0 Å². The van der Waals surface area contributed by atoms with Gasteiger partial charge >= 0.3 is 0 Å². The zero-order valence-corrected chi connectivity index (χ0v) is 14.0. The van der Waals surface area contributed by atoms with Crippen LogP contribution >= 0.6 is 0 Å². The van der Waals surface area contributed by atoms with Gasteiger partial charge in [-0.3, -0.25) is 4.79 Å². The molecule has 1 unspecified atom stereocenters. The molecule has 3 rings (SSSR count). The van der Waals surface area contributed by atoms with E-state index in [0.29, 0.717) is 0 Å². The van der Waals surface area contributed by atoms with E-state index in [-0.39, 0.29) is 24.2 Å². The highest BCUT2D eigenvalue weighted by Crippen LogP contribution is 2.39. The van der Waals surface area contributed by atoms with Crippen LogP contribution in [0.2, 0.25) is 0 Å². The number of hydrogen-bond donors (Lipinski definition) is 0. The second-order valence-electron chi connectivity index (χ2n) is 7.27. The maximum Gasteiger partial charge on any atom is 0.251 e. The number of hydroxylamine groups is 2. The highest BCUT2D eigenvalue weighted by molar-refractivity contribution is 5.84. The minimum absolute atomic E-state index is 0.201. The van der Waals surface area contributed by atoms with E-state index < -0.39 is 0 Å². The summed E-state index contributed by atoms with van der Waals surface area (Å²) in [6.45, 7) is 2.95. The van der Waals surface area contributed by atoms with Crippen molar-refractivity contribution < 1.29 is 14.4 Å². The van der Waals surface area contributed by atoms with E-state index in [9.17, 15) is 4.79 Å². The van der Waals surface area contributed by atoms with Gasteiger partial charge in [0, 0.05) is 13.0 Å². The summed E-state index contributed by atoms with van der Waals surface area (Å²) in [5, 5.41) is 1.66. The number of ether oxygens (including phenoxy) is 1. The maximum atomic E-state index is 12.5. The van der Waals surface area contributed by atoms with Crippen molar-refractivity contribution in [3.8, 4) is 0 Å². The second-order valence-corrected chi connectivity index (χ2v) is 7.27. The fraction of sp³-hybridized carbons (Fsp3) is 0.944. The third-order valence-electron chi connectivity index (χ3n) is 5.57. The third kappa shape index (κ3) is 3.65. The molecule has 0 aromatic rings. The van der Waals surface area contributed by atoms with E-state index in [2.05, 4.69) is 6.92 Å². The first-order valence-electron chi connectivity index (χ1n) is 9.41. The van der Waals surface area contributed by atoms with Crippen molar-refractivity contribution in [2.75, 3.05) is 6.61 Å². The van der Waals surface area contributed by atoms with Gasteiger partial charge in [-0.15, -0.1) is 0 Å². The molecule has 1 amide bonds. The van der Waals surface area contributed by atoms with Crippen molar-refractivity contribution in [1.29, 1.82) is 0 Å². The van der Waals surface area contributed by atoms with E-state index in [1.54, 1.807) is 5.06 Å². The molecular formula is C18H31NO3. The number of β-lactam (4-membered cyclic amide) rings is 1. The number of nitrogens with zero attached hydrogens (tertiary/aromatic N) is 1. The van der Waals surface area contributed by atoms with Gasteiger partial charge in [-0.25, -0.2) is 9.90 Å².